The second kappa shape index (κ2) is 5.74. The maximum absolute atomic E-state index is 12.7. The summed E-state index contributed by atoms with van der Waals surface area (Å²) < 4.78 is 1.78. The minimum Gasteiger partial charge on any atom is -0.292 e. The van der Waals surface area contributed by atoms with E-state index >= 15 is 0 Å². The lowest BCUT2D eigenvalue weighted by Crippen LogP contribution is -2.29. The SMILES string of the molecule is CCC(CC)n1c(C(C)Cl)nc2ccccc2c1=O. The molecule has 4 heteroatoms. The fourth-order valence-electron chi connectivity index (χ4n) is 2.45. The van der Waals surface area contributed by atoms with Crippen LogP contribution in [-0.4, -0.2) is 9.55 Å². The average molecular weight is 279 g/mol. The Hall–Kier alpha value is -1.35. The van der Waals surface area contributed by atoms with Gasteiger partial charge in [0.25, 0.3) is 5.56 Å². The molecule has 3 nitrogen and oxygen atoms in total. The summed E-state index contributed by atoms with van der Waals surface area (Å²) in [6.07, 6.45) is 1.79. The zero-order chi connectivity index (χ0) is 14.0. The molecular formula is C15H19ClN2O. The molecule has 102 valence electrons. The normalized spacial score (nSPS) is 13.1. The van der Waals surface area contributed by atoms with E-state index in [9.17, 15) is 4.79 Å². The van der Waals surface area contributed by atoms with E-state index in [4.69, 9.17) is 11.6 Å². The Morgan fingerprint density at radius 2 is 1.89 bits per heavy atom. The van der Waals surface area contributed by atoms with Gasteiger partial charge in [0.15, 0.2) is 0 Å². The first-order chi connectivity index (χ1) is 9.10. The molecule has 0 spiro atoms. The van der Waals surface area contributed by atoms with E-state index < -0.39 is 0 Å². The molecule has 1 atom stereocenters. The molecule has 2 rings (SSSR count). The lowest BCUT2D eigenvalue weighted by molar-refractivity contribution is 0.438. The summed E-state index contributed by atoms with van der Waals surface area (Å²) >= 11 is 6.22. The third kappa shape index (κ3) is 2.52. The Morgan fingerprint density at radius 1 is 1.26 bits per heavy atom. The Bertz CT molecular complexity index is 630. The number of para-hydroxylation sites is 1. The Balaban J connectivity index is 2.82. The number of rotatable bonds is 4. The van der Waals surface area contributed by atoms with Crippen LogP contribution in [0.2, 0.25) is 0 Å². The number of nitrogens with zero attached hydrogens (tertiary/aromatic N) is 2. The van der Waals surface area contributed by atoms with Crippen LogP contribution in [0.3, 0.4) is 0 Å². The van der Waals surface area contributed by atoms with Gasteiger partial charge in [-0.25, -0.2) is 4.98 Å². The summed E-state index contributed by atoms with van der Waals surface area (Å²) in [4.78, 5) is 17.3. The molecule has 1 aromatic heterocycles. The molecule has 0 aliphatic carbocycles. The standard InChI is InChI=1S/C15H19ClN2O/c1-4-11(5-2)18-14(10(3)16)17-13-9-7-6-8-12(13)15(18)19/h6-11H,4-5H2,1-3H3. The highest BCUT2D eigenvalue weighted by Gasteiger charge is 2.19. The minimum atomic E-state index is -0.280. The van der Waals surface area contributed by atoms with Crippen LogP contribution in [0.15, 0.2) is 29.1 Å². The van der Waals surface area contributed by atoms with Crippen molar-refractivity contribution in [3.05, 3.63) is 40.4 Å². The minimum absolute atomic E-state index is 0.0156. The number of hydrogen-bond acceptors (Lipinski definition) is 2. The van der Waals surface area contributed by atoms with Crippen molar-refractivity contribution in [3.8, 4) is 0 Å². The number of benzene rings is 1. The molecule has 19 heavy (non-hydrogen) atoms. The molecule has 0 saturated carbocycles. The van der Waals surface area contributed by atoms with Gasteiger partial charge in [0, 0.05) is 6.04 Å². The van der Waals surface area contributed by atoms with Gasteiger partial charge < -0.3 is 0 Å². The van der Waals surface area contributed by atoms with Crippen LogP contribution in [0, 0.1) is 0 Å². The summed E-state index contributed by atoms with van der Waals surface area (Å²) in [5.41, 5.74) is 0.735. The van der Waals surface area contributed by atoms with Gasteiger partial charge in [0.05, 0.1) is 16.3 Å². The van der Waals surface area contributed by atoms with Gasteiger partial charge in [-0.1, -0.05) is 26.0 Å². The quantitative estimate of drug-likeness (QED) is 0.791. The van der Waals surface area contributed by atoms with E-state index in [2.05, 4.69) is 18.8 Å². The fourth-order valence-corrected chi connectivity index (χ4v) is 2.60. The highest BCUT2D eigenvalue weighted by molar-refractivity contribution is 6.20. The first kappa shape index (κ1) is 14.1. The predicted molar refractivity (Wildman–Crippen MR) is 79.9 cm³/mol. The molecule has 2 aromatic rings. The highest BCUT2D eigenvalue weighted by atomic mass is 35.5. The molecule has 1 unspecified atom stereocenters. The molecule has 0 radical (unpaired) electrons. The van der Waals surface area contributed by atoms with Crippen LogP contribution in [0.4, 0.5) is 0 Å². The molecule has 0 N–H and O–H groups in total. The molecule has 0 bridgehead atoms. The van der Waals surface area contributed by atoms with Gasteiger partial charge in [0.1, 0.15) is 5.82 Å². The first-order valence-electron chi connectivity index (χ1n) is 6.75. The molecular weight excluding hydrogens is 260 g/mol. The molecule has 0 fully saturated rings. The number of fused-ring (bicyclic) bond motifs is 1. The van der Waals surface area contributed by atoms with Crippen molar-refractivity contribution in [1.29, 1.82) is 0 Å². The van der Waals surface area contributed by atoms with Crippen molar-refractivity contribution in [2.75, 3.05) is 0 Å². The van der Waals surface area contributed by atoms with E-state index in [0.29, 0.717) is 11.2 Å². The van der Waals surface area contributed by atoms with Gasteiger partial charge in [0.2, 0.25) is 0 Å². The van der Waals surface area contributed by atoms with Crippen molar-refractivity contribution in [3.63, 3.8) is 0 Å². The second-order valence-electron chi connectivity index (χ2n) is 4.75. The van der Waals surface area contributed by atoms with Gasteiger partial charge in [-0.15, -0.1) is 11.6 Å². The Kier molecular flexibility index (Phi) is 4.25. The van der Waals surface area contributed by atoms with Crippen molar-refractivity contribution >= 4 is 22.5 Å². The van der Waals surface area contributed by atoms with E-state index in [0.717, 1.165) is 18.4 Å². The summed E-state index contributed by atoms with van der Waals surface area (Å²) in [5, 5.41) is 0.383. The number of hydrogen-bond donors (Lipinski definition) is 0. The molecule has 1 heterocycles. The van der Waals surface area contributed by atoms with E-state index in [1.54, 1.807) is 4.57 Å². The van der Waals surface area contributed by atoms with E-state index in [-0.39, 0.29) is 17.0 Å². The van der Waals surface area contributed by atoms with Gasteiger partial charge >= 0.3 is 0 Å². The zero-order valence-electron chi connectivity index (χ0n) is 11.6. The molecule has 0 aliphatic heterocycles. The third-order valence-electron chi connectivity index (χ3n) is 3.50. The summed E-state index contributed by atoms with van der Waals surface area (Å²) in [7, 11) is 0. The average Bonchev–Trinajstić information content (AvgIpc) is 2.42. The lowest BCUT2D eigenvalue weighted by Gasteiger charge is -2.22. The Morgan fingerprint density at radius 3 is 2.47 bits per heavy atom. The molecule has 0 saturated heterocycles. The number of halogens is 1. The van der Waals surface area contributed by atoms with Crippen LogP contribution in [-0.2, 0) is 0 Å². The molecule has 0 amide bonds. The highest BCUT2D eigenvalue weighted by Crippen LogP contribution is 2.24. The fraction of sp³-hybridized carbons (Fsp3) is 0.467. The molecule has 1 aromatic carbocycles. The predicted octanol–water partition coefficient (Wildman–Crippen LogP) is 4.06. The Labute approximate surface area is 118 Å². The maximum atomic E-state index is 12.7. The van der Waals surface area contributed by atoms with Gasteiger partial charge in [-0.05, 0) is 31.9 Å². The summed E-state index contributed by atoms with van der Waals surface area (Å²) in [6.45, 7) is 6.02. The topological polar surface area (TPSA) is 34.9 Å². The van der Waals surface area contributed by atoms with Crippen molar-refractivity contribution in [1.82, 2.24) is 9.55 Å². The van der Waals surface area contributed by atoms with E-state index in [1.807, 2.05) is 31.2 Å². The summed E-state index contributed by atoms with van der Waals surface area (Å²) in [6, 6.07) is 7.59. The molecule has 0 aliphatic rings. The third-order valence-corrected chi connectivity index (χ3v) is 3.69. The first-order valence-corrected chi connectivity index (χ1v) is 7.19. The lowest BCUT2D eigenvalue weighted by atomic mass is 10.1. The van der Waals surface area contributed by atoms with E-state index in [1.165, 1.54) is 0 Å². The van der Waals surface area contributed by atoms with Crippen molar-refractivity contribution in [2.45, 2.75) is 45.0 Å². The van der Waals surface area contributed by atoms with Crippen LogP contribution >= 0.6 is 11.6 Å². The number of alkyl halides is 1. The van der Waals surface area contributed by atoms with Gasteiger partial charge in [-0.2, -0.15) is 0 Å². The van der Waals surface area contributed by atoms with Crippen molar-refractivity contribution in [2.24, 2.45) is 0 Å². The zero-order valence-corrected chi connectivity index (χ0v) is 12.3. The van der Waals surface area contributed by atoms with Crippen LogP contribution < -0.4 is 5.56 Å². The second-order valence-corrected chi connectivity index (χ2v) is 5.40. The van der Waals surface area contributed by atoms with Crippen LogP contribution in [0.5, 0.6) is 0 Å². The maximum Gasteiger partial charge on any atom is 0.261 e. The van der Waals surface area contributed by atoms with Crippen LogP contribution in [0.25, 0.3) is 10.9 Å². The number of aromatic nitrogens is 2. The largest absolute Gasteiger partial charge is 0.292 e. The van der Waals surface area contributed by atoms with Crippen molar-refractivity contribution < 1.29 is 0 Å². The monoisotopic (exact) mass is 278 g/mol. The van der Waals surface area contributed by atoms with Crippen LogP contribution in [0.1, 0.15) is 50.9 Å². The van der Waals surface area contributed by atoms with Gasteiger partial charge in [-0.3, -0.25) is 9.36 Å². The smallest absolute Gasteiger partial charge is 0.261 e. The summed E-state index contributed by atoms with van der Waals surface area (Å²) in [5.74, 6) is 0.666.